The van der Waals surface area contributed by atoms with Crippen molar-refractivity contribution < 1.29 is 23.1 Å². The van der Waals surface area contributed by atoms with Crippen molar-refractivity contribution in [3.63, 3.8) is 0 Å². The average Bonchev–Trinajstić information content (AvgIpc) is 2.93. The Labute approximate surface area is 132 Å². The largest absolute Gasteiger partial charge is 0.364 e. The molecule has 6 nitrogen and oxygen atoms in total. The molecule has 126 valence electrons. The number of nitrogens with one attached hydrogen (secondary N) is 1. The fourth-order valence-electron chi connectivity index (χ4n) is 2.43. The minimum absolute atomic E-state index is 0.00587. The highest BCUT2D eigenvalue weighted by atomic mass is 19.1. The Morgan fingerprint density at radius 3 is 2.52 bits per heavy atom. The van der Waals surface area contributed by atoms with E-state index in [2.05, 4.69) is 5.32 Å². The van der Waals surface area contributed by atoms with E-state index >= 15 is 0 Å². The first-order valence-corrected chi connectivity index (χ1v) is 7.25. The molecule has 3 N–H and O–H groups in total. The first kappa shape index (κ1) is 17.3. The van der Waals surface area contributed by atoms with Crippen LogP contribution in [-0.2, 0) is 14.3 Å². The fraction of sp³-hybridized carbons (Fsp3) is 0.467. The van der Waals surface area contributed by atoms with Crippen molar-refractivity contribution in [2.24, 2.45) is 5.73 Å². The van der Waals surface area contributed by atoms with Crippen LogP contribution in [0.1, 0.15) is 12.8 Å². The number of anilines is 1. The number of rotatable bonds is 5. The van der Waals surface area contributed by atoms with Crippen molar-refractivity contribution >= 4 is 17.5 Å². The molecule has 1 aliphatic rings. The topological polar surface area (TPSA) is 84.7 Å². The van der Waals surface area contributed by atoms with Gasteiger partial charge in [0.05, 0.1) is 12.6 Å². The zero-order valence-corrected chi connectivity index (χ0v) is 12.7. The third-order valence-electron chi connectivity index (χ3n) is 3.55. The molecule has 1 aliphatic heterocycles. The predicted molar refractivity (Wildman–Crippen MR) is 79.6 cm³/mol. The smallest absolute Gasteiger partial charge is 0.251 e. The Balaban J connectivity index is 1.88. The van der Waals surface area contributed by atoms with Crippen molar-refractivity contribution in [2.75, 3.05) is 25.5 Å². The first-order valence-electron chi connectivity index (χ1n) is 7.25. The summed E-state index contributed by atoms with van der Waals surface area (Å²) >= 11 is 0. The van der Waals surface area contributed by atoms with E-state index < -0.39 is 23.6 Å². The van der Waals surface area contributed by atoms with Gasteiger partial charge >= 0.3 is 0 Å². The quantitative estimate of drug-likeness (QED) is 0.840. The number of likely N-dealkylation sites (N-methyl/N-ethyl adjacent to an activating group) is 1. The Bertz CT molecular complexity index is 577. The minimum Gasteiger partial charge on any atom is -0.364 e. The normalized spacial score (nSPS) is 20.3. The second kappa shape index (κ2) is 7.47. The van der Waals surface area contributed by atoms with E-state index in [-0.39, 0.29) is 24.2 Å². The molecule has 1 heterocycles. The molecule has 2 rings (SSSR count). The van der Waals surface area contributed by atoms with Gasteiger partial charge in [0, 0.05) is 25.3 Å². The van der Waals surface area contributed by atoms with Crippen LogP contribution in [0, 0.1) is 11.6 Å². The van der Waals surface area contributed by atoms with Crippen LogP contribution in [0.3, 0.4) is 0 Å². The number of carbonyl (C=O) groups is 2. The number of hydrogen-bond donors (Lipinski definition) is 2. The van der Waals surface area contributed by atoms with E-state index in [1.807, 2.05) is 0 Å². The van der Waals surface area contributed by atoms with Crippen LogP contribution < -0.4 is 11.1 Å². The van der Waals surface area contributed by atoms with Crippen LogP contribution in [-0.4, -0.2) is 49.1 Å². The molecule has 1 aromatic carbocycles. The molecule has 0 aromatic heterocycles. The summed E-state index contributed by atoms with van der Waals surface area (Å²) in [5.74, 6) is -2.46. The highest BCUT2D eigenvalue weighted by Crippen LogP contribution is 2.20. The van der Waals surface area contributed by atoms with Gasteiger partial charge in [-0.05, 0) is 25.0 Å². The molecular weight excluding hydrogens is 308 g/mol. The Morgan fingerprint density at radius 2 is 1.96 bits per heavy atom. The standard InChI is InChI=1S/C15H19F2N3O3/c1-20(15(22)13-3-2-12(7-18)23-13)8-14(21)19-11-5-9(16)4-10(17)6-11/h4-6,12-13H,2-3,7-8,18H2,1H3,(H,19,21)/t12-,13+/m1/s1. The predicted octanol–water partition coefficient (Wildman–Crippen LogP) is 0.868. The minimum atomic E-state index is -0.795. The highest BCUT2D eigenvalue weighted by molar-refractivity contribution is 5.95. The molecule has 2 atom stereocenters. The lowest BCUT2D eigenvalue weighted by Crippen LogP contribution is -2.41. The molecule has 2 amide bonds. The Morgan fingerprint density at radius 1 is 1.30 bits per heavy atom. The molecule has 0 bridgehead atoms. The summed E-state index contributed by atoms with van der Waals surface area (Å²) in [6.45, 7) is 0.100. The molecule has 1 aromatic rings. The van der Waals surface area contributed by atoms with Crippen LogP contribution in [0.15, 0.2) is 18.2 Å². The van der Waals surface area contributed by atoms with Gasteiger partial charge in [0.2, 0.25) is 5.91 Å². The van der Waals surface area contributed by atoms with Crippen LogP contribution in [0.25, 0.3) is 0 Å². The van der Waals surface area contributed by atoms with Crippen molar-refractivity contribution in [3.05, 3.63) is 29.8 Å². The van der Waals surface area contributed by atoms with Gasteiger partial charge in [-0.1, -0.05) is 0 Å². The fourth-order valence-corrected chi connectivity index (χ4v) is 2.43. The number of ether oxygens (including phenoxy) is 1. The Kier molecular flexibility index (Phi) is 5.62. The average molecular weight is 327 g/mol. The third-order valence-corrected chi connectivity index (χ3v) is 3.55. The summed E-state index contributed by atoms with van der Waals surface area (Å²) in [6, 6.07) is 2.69. The third kappa shape index (κ3) is 4.70. The van der Waals surface area contributed by atoms with Gasteiger partial charge in [-0.2, -0.15) is 0 Å². The van der Waals surface area contributed by atoms with Gasteiger partial charge in [0.15, 0.2) is 0 Å². The maximum atomic E-state index is 13.1. The molecule has 0 radical (unpaired) electrons. The van der Waals surface area contributed by atoms with Crippen molar-refractivity contribution in [2.45, 2.75) is 25.0 Å². The monoisotopic (exact) mass is 327 g/mol. The number of amides is 2. The van der Waals surface area contributed by atoms with Gasteiger partial charge in [0.1, 0.15) is 17.7 Å². The lowest BCUT2D eigenvalue weighted by Gasteiger charge is -2.20. The van der Waals surface area contributed by atoms with Gasteiger partial charge in [-0.15, -0.1) is 0 Å². The van der Waals surface area contributed by atoms with Crippen LogP contribution >= 0.6 is 0 Å². The van der Waals surface area contributed by atoms with E-state index in [0.717, 1.165) is 12.1 Å². The second-order valence-electron chi connectivity index (χ2n) is 5.46. The molecule has 8 heteroatoms. The van der Waals surface area contributed by atoms with E-state index in [0.29, 0.717) is 25.5 Å². The summed E-state index contributed by atoms with van der Waals surface area (Å²) < 4.78 is 31.6. The van der Waals surface area contributed by atoms with Crippen LogP contribution in [0.5, 0.6) is 0 Å². The number of nitrogens with two attached hydrogens (primary N) is 1. The lowest BCUT2D eigenvalue weighted by atomic mass is 10.2. The maximum Gasteiger partial charge on any atom is 0.251 e. The van der Waals surface area contributed by atoms with Crippen LogP contribution in [0.2, 0.25) is 0 Å². The number of nitrogens with zero attached hydrogens (tertiary/aromatic N) is 1. The van der Waals surface area contributed by atoms with E-state index in [1.165, 1.54) is 11.9 Å². The summed E-state index contributed by atoms with van der Waals surface area (Å²) in [5.41, 5.74) is 5.48. The van der Waals surface area contributed by atoms with Gasteiger partial charge in [0.25, 0.3) is 5.91 Å². The number of benzene rings is 1. The van der Waals surface area contributed by atoms with Gasteiger partial charge < -0.3 is 20.7 Å². The van der Waals surface area contributed by atoms with E-state index in [1.54, 1.807) is 0 Å². The molecule has 1 saturated heterocycles. The molecular formula is C15H19F2N3O3. The van der Waals surface area contributed by atoms with Crippen molar-refractivity contribution in [1.82, 2.24) is 4.90 Å². The first-order chi connectivity index (χ1) is 10.9. The molecule has 0 spiro atoms. The molecule has 23 heavy (non-hydrogen) atoms. The van der Waals surface area contributed by atoms with E-state index in [9.17, 15) is 18.4 Å². The SMILES string of the molecule is CN(CC(=O)Nc1cc(F)cc(F)c1)C(=O)[C@@H]1CC[C@H](CN)O1. The summed E-state index contributed by atoms with van der Waals surface area (Å²) in [7, 11) is 1.47. The van der Waals surface area contributed by atoms with Crippen molar-refractivity contribution in [3.8, 4) is 0 Å². The lowest BCUT2D eigenvalue weighted by molar-refractivity contribution is -0.143. The second-order valence-corrected chi connectivity index (χ2v) is 5.46. The Hall–Kier alpha value is -2.06. The molecule has 0 aliphatic carbocycles. The number of carbonyl (C=O) groups excluding carboxylic acids is 2. The van der Waals surface area contributed by atoms with Gasteiger partial charge in [-0.3, -0.25) is 9.59 Å². The maximum absolute atomic E-state index is 13.1. The molecule has 1 fully saturated rings. The zero-order chi connectivity index (χ0) is 17.0. The summed E-state index contributed by atoms with van der Waals surface area (Å²) in [6.07, 6.45) is 0.520. The number of halogens is 2. The van der Waals surface area contributed by atoms with Crippen LogP contribution in [0.4, 0.5) is 14.5 Å². The van der Waals surface area contributed by atoms with Gasteiger partial charge in [-0.25, -0.2) is 8.78 Å². The highest BCUT2D eigenvalue weighted by Gasteiger charge is 2.32. The number of hydrogen-bond acceptors (Lipinski definition) is 4. The summed E-state index contributed by atoms with van der Waals surface area (Å²) in [5, 5.41) is 2.35. The van der Waals surface area contributed by atoms with E-state index in [4.69, 9.17) is 10.5 Å². The van der Waals surface area contributed by atoms with Crippen molar-refractivity contribution in [1.29, 1.82) is 0 Å². The molecule has 0 saturated carbocycles. The summed E-state index contributed by atoms with van der Waals surface area (Å²) in [4.78, 5) is 25.3. The molecule has 0 unspecified atom stereocenters. The zero-order valence-electron chi connectivity index (χ0n) is 12.7.